The van der Waals surface area contributed by atoms with Gasteiger partial charge in [-0.3, -0.25) is 4.90 Å². The monoisotopic (exact) mass is 281 g/mol. The molecule has 2 aromatic carbocycles. The molecule has 4 nitrogen and oxygen atoms in total. The van der Waals surface area contributed by atoms with Crippen LogP contribution in [-0.2, 0) is 6.42 Å². The Morgan fingerprint density at radius 3 is 2.67 bits per heavy atom. The average Bonchev–Trinajstić information content (AvgIpc) is 2.48. The van der Waals surface area contributed by atoms with E-state index in [4.69, 9.17) is 5.73 Å². The van der Waals surface area contributed by atoms with E-state index in [0.717, 1.165) is 24.3 Å². The summed E-state index contributed by atoms with van der Waals surface area (Å²) < 4.78 is 0. The van der Waals surface area contributed by atoms with Crippen molar-refractivity contribution in [1.29, 1.82) is 0 Å². The Balaban J connectivity index is 1.83. The van der Waals surface area contributed by atoms with Gasteiger partial charge in [0.05, 0.1) is 0 Å². The number of anilines is 3. The van der Waals surface area contributed by atoms with Crippen LogP contribution >= 0.6 is 0 Å². The van der Waals surface area contributed by atoms with Crippen molar-refractivity contribution >= 4 is 23.1 Å². The quantitative estimate of drug-likeness (QED) is 0.786. The van der Waals surface area contributed by atoms with Crippen molar-refractivity contribution in [3.05, 3.63) is 54.1 Å². The van der Waals surface area contributed by atoms with E-state index < -0.39 is 0 Å². The summed E-state index contributed by atoms with van der Waals surface area (Å²) in [6.07, 6.45) is 1.02. The molecule has 0 radical (unpaired) electrons. The summed E-state index contributed by atoms with van der Waals surface area (Å²) in [5.41, 5.74) is 9.33. The van der Waals surface area contributed by atoms with Crippen molar-refractivity contribution in [2.45, 2.75) is 13.3 Å². The van der Waals surface area contributed by atoms with Crippen molar-refractivity contribution in [1.82, 2.24) is 0 Å². The number of para-hydroxylation sites is 1. The number of hydrogen-bond donors (Lipinski definition) is 2. The third-order valence-electron chi connectivity index (χ3n) is 3.75. The first kappa shape index (κ1) is 13.5. The van der Waals surface area contributed by atoms with Crippen LogP contribution in [0.25, 0.3) is 0 Å². The number of hydrogen-bond acceptors (Lipinski definition) is 2. The fourth-order valence-corrected chi connectivity index (χ4v) is 2.75. The summed E-state index contributed by atoms with van der Waals surface area (Å²) in [7, 11) is 0. The molecular weight excluding hydrogens is 262 g/mol. The summed E-state index contributed by atoms with van der Waals surface area (Å²) in [4.78, 5) is 14.4. The van der Waals surface area contributed by atoms with Crippen LogP contribution in [0, 0.1) is 5.92 Å². The van der Waals surface area contributed by atoms with Crippen LogP contribution in [0.5, 0.6) is 0 Å². The molecule has 0 fully saturated rings. The number of amides is 2. The van der Waals surface area contributed by atoms with Crippen LogP contribution in [0.3, 0.4) is 0 Å². The molecule has 0 aromatic heterocycles. The Hall–Kier alpha value is -2.49. The van der Waals surface area contributed by atoms with Crippen LogP contribution in [0.2, 0.25) is 0 Å². The zero-order valence-electron chi connectivity index (χ0n) is 12.0. The predicted molar refractivity (Wildman–Crippen MR) is 86.5 cm³/mol. The highest BCUT2D eigenvalue weighted by Crippen LogP contribution is 2.29. The molecule has 3 N–H and O–H groups in total. The van der Waals surface area contributed by atoms with E-state index in [1.165, 1.54) is 5.56 Å². The molecule has 0 saturated carbocycles. The molecule has 1 aliphatic heterocycles. The Bertz CT molecular complexity index is 651. The molecule has 0 saturated heterocycles. The van der Waals surface area contributed by atoms with E-state index in [1.807, 2.05) is 35.2 Å². The Labute approximate surface area is 124 Å². The molecule has 0 aliphatic carbocycles. The molecule has 2 aromatic rings. The van der Waals surface area contributed by atoms with E-state index in [-0.39, 0.29) is 6.03 Å². The van der Waals surface area contributed by atoms with Gasteiger partial charge in [0.15, 0.2) is 0 Å². The van der Waals surface area contributed by atoms with Crippen molar-refractivity contribution in [3.63, 3.8) is 0 Å². The lowest BCUT2D eigenvalue weighted by Gasteiger charge is -2.33. The minimum absolute atomic E-state index is 0.0984. The van der Waals surface area contributed by atoms with E-state index in [0.29, 0.717) is 11.6 Å². The number of fused-ring (bicyclic) bond motifs is 1. The minimum Gasteiger partial charge on any atom is -0.399 e. The van der Waals surface area contributed by atoms with Gasteiger partial charge in [0.1, 0.15) is 0 Å². The molecule has 3 rings (SSSR count). The Kier molecular flexibility index (Phi) is 3.52. The minimum atomic E-state index is -0.0984. The number of urea groups is 1. The second-order valence-corrected chi connectivity index (χ2v) is 5.60. The summed E-state index contributed by atoms with van der Waals surface area (Å²) in [6.45, 7) is 2.90. The van der Waals surface area contributed by atoms with E-state index in [1.54, 1.807) is 12.1 Å². The summed E-state index contributed by atoms with van der Waals surface area (Å²) in [5.74, 6) is 0.456. The summed E-state index contributed by atoms with van der Waals surface area (Å²) in [5, 5.41) is 2.93. The van der Waals surface area contributed by atoms with Crippen molar-refractivity contribution in [3.8, 4) is 0 Å². The SMILES string of the molecule is CC1Cc2ccccc2N(C(=O)Nc2ccc(N)cc2)C1. The van der Waals surface area contributed by atoms with Crippen LogP contribution in [0.4, 0.5) is 21.9 Å². The van der Waals surface area contributed by atoms with Gasteiger partial charge in [-0.05, 0) is 48.2 Å². The number of carbonyl (C=O) groups is 1. The zero-order valence-corrected chi connectivity index (χ0v) is 12.0. The van der Waals surface area contributed by atoms with Gasteiger partial charge in [-0.25, -0.2) is 4.79 Å². The first-order valence-electron chi connectivity index (χ1n) is 7.15. The van der Waals surface area contributed by atoms with Gasteiger partial charge in [-0.1, -0.05) is 25.1 Å². The van der Waals surface area contributed by atoms with Crippen LogP contribution in [0.1, 0.15) is 12.5 Å². The van der Waals surface area contributed by atoms with Gasteiger partial charge in [0, 0.05) is 23.6 Å². The molecule has 1 heterocycles. The number of nitrogens with two attached hydrogens (primary N) is 1. The number of benzene rings is 2. The molecule has 1 atom stereocenters. The highest BCUT2D eigenvalue weighted by Gasteiger charge is 2.26. The molecule has 21 heavy (non-hydrogen) atoms. The maximum atomic E-state index is 12.5. The summed E-state index contributed by atoms with van der Waals surface area (Å²) >= 11 is 0. The van der Waals surface area contributed by atoms with Gasteiger partial charge >= 0.3 is 6.03 Å². The molecule has 2 amide bonds. The van der Waals surface area contributed by atoms with Gasteiger partial charge in [0.2, 0.25) is 0 Å². The fourth-order valence-electron chi connectivity index (χ4n) is 2.75. The third kappa shape index (κ3) is 2.84. The normalized spacial score (nSPS) is 17.2. The van der Waals surface area contributed by atoms with Crippen LogP contribution in [0.15, 0.2) is 48.5 Å². The third-order valence-corrected chi connectivity index (χ3v) is 3.75. The standard InChI is InChI=1S/C17H19N3O/c1-12-10-13-4-2-3-5-16(13)20(11-12)17(21)19-15-8-6-14(18)7-9-15/h2-9,12H,10-11,18H2,1H3,(H,19,21). The van der Waals surface area contributed by atoms with Crippen molar-refractivity contribution in [2.24, 2.45) is 5.92 Å². The lowest BCUT2D eigenvalue weighted by atomic mass is 9.94. The molecule has 1 unspecified atom stereocenters. The van der Waals surface area contributed by atoms with E-state index >= 15 is 0 Å². The fraction of sp³-hybridized carbons (Fsp3) is 0.235. The molecule has 4 heteroatoms. The number of rotatable bonds is 1. The molecule has 108 valence electrons. The van der Waals surface area contributed by atoms with E-state index in [9.17, 15) is 4.79 Å². The van der Waals surface area contributed by atoms with Crippen LogP contribution in [-0.4, -0.2) is 12.6 Å². The van der Waals surface area contributed by atoms with Gasteiger partial charge in [-0.15, -0.1) is 0 Å². The van der Waals surface area contributed by atoms with Gasteiger partial charge < -0.3 is 11.1 Å². The topological polar surface area (TPSA) is 58.4 Å². The number of nitrogens with zero attached hydrogens (tertiary/aromatic N) is 1. The number of nitrogens with one attached hydrogen (secondary N) is 1. The molecule has 0 spiro atoms. The second-order valence-electron chi connectivity index (χ2n) is 5.60. The maximum Gasteiger partial charge on any atom is 0.326 e. The lowest BCUT2D eigenvalue weighted by Crippen LogP contribution is -2.41. The average molecular weight is 281 g/mol. The van der Waals surface area contributed by atoms with Crippen molar-refractivity contribution < 1.29 is 4.79 Å². The van der Waals surface area contributed by atoms with E-state index in [2.05, 4.69) is 18.3 Å². The Morgan fingerprint density at radius 2 is 1.90 bits per heavy atom. The number of carbonyl (C=O) groups excluding carboxylic acids is 1. The highest BCUT2D eigenvalue weighted by atomic mass is 16.2. The highest BCUT2D eigenvalue weighted by molar-refractivity contribution is 6.02. The predicted octanol–water partition coefficient (Wildman–Crippen LogP) is 3.50. The number of nitrogen functional groups attached to an aromatic ring is 1. The summed E-state index contributed by atoms with van der Waals surface area (Å²) in [6, 6.07) is 15.2. The maximum absolute atomic E-state index is 12.5. The first-order chi connectivity index (χ1) is 10.1. The molecular formula is C17H19N3O. The molecule has 1 aliphatic rings. The zero-order chi connectivity index (χ0) is 14.8. The van der Waals surface area contributed by atoms with Gasteiger partial charge in [-0.2, -0.15) is 0 Å². The largest absolute Gasteiger partial charge is 0.399 e. The molecule has 0 bridgehead atoms. The second kappa shape index (κ2) is 5.48. The van der Waals surface area contributed by atoms with Crippen LogP contribution < -0.4 is 16.0 Å². The Morgan fingerprint density at radius 1 is 1.19 bits per heavy atom. The van der Waals surface area contributed by atoms with Gasteiger partial charge in [0.25, 0.3) is 0 Å². The smallest absolute Gasteiger partial charge is 0.326 e. The van der Waals surface area contributed by atoms with Crippen molar-refractivity contribution in [2.75, 3.05) is 22.5 Å². The first-order valence-corrected chi connectivity index (χ1v) is 7.15. The lowest BCUT2D eigenvalue weighted by molar-refractivity contribution is 0.255.